The maximum Gasteiger partial charge on any atom is 0.435 e. The molecule has 0 aliphatic heterocycles. The Hall–Kier alpha value is -3.25. The van der Waals surface area contributed by atoms with Crippen molar-refractivity contribution in [1.29, 1.82) is 4.78 Å². The highest BCUT2D eigenvalue weighted by Gasteiger charge is 2.38. The van der Waals surface area contributed by atoms with Gasteiger partial charge in [0.1, 0.15) is 5.56 Å². The molecule has 0 spiro atoms. The van der Waals surface area contributed by atoms with Crippen LogP contribution in [0.5, 0.6) is 11.6 Å². The number of hydrogen-bond donors (Lipinski definition) is 2. The van der Waals surface area contributed by atoms with Crippen LogP contribution in [0.2, 0.25) is 5.02 Å². The second kappa shape index (κ2) is 9.18. The van der Waals surface area contributed by atoms with E-state index in [4.69, 9.17) is 21.1 Å². The van der Waals surface area contributed by atoms with Gasteiger partial charge in [-0.25, -0.2) is 13.4 Å². The summed E-state index contributed by atoms with van der Waals surface area (Å²) in [5.41, 5.74) is -2.52. The van der Waals surface area contributed by atoms with Crippen molar-refractivity contribution in [1.82, 2.24) is 10.2 Å². The fraction of sp³-hybridized carbons (Fsp3) is 0.190. The van der Waals surface area contributed by atoms with Gasteiger partial charge in [-0.1, -0.05) is 23.7 Å². The molecule has 1 unspecified atom stereocenters. The quantitative estimate of drug-likeness (QED) is 0.406. The summed E-state index contributed by atoms with van der Waals surface area (Å²) in [5.74, 6) is -3.21. The Morgan fingerprint density at radius 1 is 1.18 bits per heavy atom. The van der Waals surface area contributed by atoms with E-state index in [0.29, 0.717) is 0 Å². The third-order valence-corrected chi connectivity index (χ3v) is 6.11. The van der Waals surface area contributed by atoms with Crippen LogP contribution >= 0.6 is 11.6 Å². The number of halogens is 5. The Morgan fingerprint density at radius 2 is 1.85 bits per heavy atom. The molecule has 0 bridgehead atoms. The monoisotopic (exact) mass is 516 g/mol. The van der Waals surface area contributed by atoms with Crippen LogP contribution < -0.4 is 10.1 Å². The van der Waals surface area contributed by atoms with Gasteiger partial charge in [-0.15, -0.1) is 10.2 Å². The van der Waals surface area contributed by atoms with E-state index in [2.05, 4.69) is 15.5 Å². The van der Waals surface area contributed by atoms with E-state index in [1.54, 1.807) is 0 Å². The molecule has 3 aromatic rings. The summed E-state index contributed by atoms with van der Waals surface area (Å²) in [5, 5.41) is 8.66. The number of aromatic nitrogens is 2. The smallest absolute Gasteiger partial charge is 0.432 e. The summed E-state index contributed by atoms with van der Waals surface area (Å²) in [4.78, 5) is 13.1. The van der Waals surface area contributed by atoms with Crippen molar-refractivity contribution in [3.05, 3.63) is 69.6 Å². The highest BCUT2D eigenvalue weighted by atomic mass is 35.5. The molecule has 3 rings (SSSR count). The molecule has 1 heterocycles. The molecule has 34 heavy (non-hydrogen) atoms. The summed E-state index contributed by atoms with van der Waals surface area (Å²) in [6.45, 7) is 2.41. The first-order chi connectivity index (χ1) is 15.7. The molecule has 1 amide bonds. The lowest BCUT2D eigenvalue weighted by molar-refractivity contribution is -0.142. The standard InChI is InChI=1S/C21H17ClF4N4O3S/c1-10-7-8-14(22)17(16(10)23)33-20-15(11(2)18(29-30-20)21(24,25)26)19(31)28-12-5-4-6-13(9-12)34(3,27)32/h4-9,27H,1-3H3,(H,28,31). The number of aryl methyl sites for hydroxylation is 1. The van der Waals surface area contributed by atoms with Crippen LogP contribution in [0.1, 0.15) is 27.2 Å². The number of amides is 1. The lowest BCUT2D eigenvalue weighted by Crippen LogP contribution is -2.21. The summed E-state index contributed by atoms with van der Waals surface area (Å²) < 4.78 is 79.9. The van der Waals surface area contributed by atoms with Crippen LogP contribution in [0.25, 0.3) is 0 Å². The number of anilines is 1. The van der Waals surface area contributed by atoms with Crippen LogP contribution in [0.4, 0.5) is 23.2 Å². The minimum absolute atomic E-state index is 0.0554. The van der Waals surface area contributed by atoms with Crippen molar-refractivity contribution in [2.24, 2.45) is 0 Å². The largest absolute Gasteiger partial charge is 0.435 e. The third-order valence-electron chi connectivity index (χ3n) is 4.66. The molecule has 0 saturated heterocycles. The van der Waals surface area contributed by atoms with Gasteiger partial charge in [0.2, 0.25) is 0 Å². The Bertz CT molecular complexity index is 1400. The fourth-order valence-electron chi connectivity index (χ4n) is 2.94. The zero-order valence-electron chi connectivity index (χ0n) is 17.9. The molecule has 180 valence electrons. The third kappa shape index (κ3) is 5.28. The number of hydrogen-bond acceptors (Lipinski definition) is 6. The Balaban J connectivity index is 2.13. The zero-order chi connectivity index (χ0) is 25.4. The van der Waals surface area contributed by atoms with Gasteiger partial charge >= 0.3 is 6.18 Å². The van der Waals surface area contributed by atoms with Gasteiger partial charge in [-0.05, 0) is 49.2 Å². The van der Waals surface area contributed by atoms with Crippen molar-refractivity contribution in [3.8, 4) is 11.6 Å². The van der Waals surface area contributed by atoms with Gasteiger partial charge in [-0.3, -0.25) is 4.79 Å². The first kappa shape index (κ1) is 25.4. The van der Waals surface area contributed by atoms with Crippen LogP contribution in [-0.4, -0.2) is 26.6 Å². The molecule has 2 aromatic carbocycles. The zero-order valence-corrected chi connectivity index (χ0v) is 19.5. The van der Waals surface area contributed by atoms with E-state index < -0.39 is 56.1 Å². The minimum Gasteiger partial charge on any atom is -0.432 e. The van der Waals surface area contributed by atoms with Crippen molar-refractivity contribution in [2.45, 2.75) is 24.9 Å². The van der Waals surface area contributed by atoms with Crippen LogP contribution in [-0.2, 0) is 15.9 Å². The number of carbonyl (C=O) groups excluding carboxylic acids is 1. The molecule has 1 atom stereocenters. The van der Waals surface area contributed by atoms with Crippen LogP contribution in [0.15, 0.2) is 41.3 Å². The normalized spacial score (nSPS) is 13.3. The molecule has 1 aromatic heterocycles. The minimum atomic E-state index is -4.93. The second-order valence-corrected chi connectivity index (χ2v) is 9.85. The first-order valence-electron chi connectivity index (χ1n) is 9.42. The molecule has 2 N–H and O–H groups in total. The van der Waals surface area contributed by atoms with Gasteiger partial charge < -0.3 is 10.1 Å². The number of ether oxygens (including phenoxy) is 1. The van der Waals surface area contributed by atoms with Gasteiger partial charge in [0.25, 0.3) is 11.8 Å². The van der Waals surface area contributed by atoms with Crippen molar-refractivity contribution < 1.29 is 31.3 Å². The lowest BCUT2D eigenvalue weighted by Gasteiger charge is -2.17. The summed E-state index contributed by atoms with van der Waals surface area (Å²) in [6, 6.07) is 8.14. The molecule has 0 aliphatic rings. The topological polar surface area (TPSA) is 105 Å². The van der Waals surface area contributed by atoms with Gasteiger partial charge in [0.15, 0.2) is 17.3 Å². The summed E-state index contributed by atoms with van der Waals surface area (Å²) >= 11 is 5.98. The highest BCUT2D eigenvalue weighted by Crippen LogP contribution is 2.38. The molecule has 0 radical (unpaired) electrons. The lowest BCUT2D eigenvalue weighted by atomic mass is 10.1. The number of carbonyl (C=O) groups is 1. The summed E-state index contributed by atoms with van der Waals surface area (Å²) in [6.07, 6.45) is -3.76. The maximum absolute atomic E-state index is 14.6. The highest BCUT2D eigenvalue weighted by molar-refractivity contribution is 7.91. The fourth-order valence-corrected chi connectivity index (χ4v) is 3.81. The molecular weight excluding hydrogens is 500 g/mol. The van der Waals surface area contributed by atoms with Gasteiger partial charge in [0, 0.05) is 16.8 Å². The number of benzene rings is 2. The van der Waals surface area contributed by atoms with E-state index in [1.807, 2.05) is 0 Å². The molecule has 7 nitrogen and oxygen atoms in total. The number of nitrogens with one attached hydrogen (secondary N) is 2. The van der Waals surface area contributed by atoms with Crippen LogP contribution in [0, 0.1) is 24.4 Å². The second-order valence-electron chi connectivity index (χ2n) is 7.29. The van der Waals surface area contributed by atoms with E-state index >= 15 is 0 Å². The Morgan fingerprint density at radius 3 is 2.47 bits per heavy atom. The predicted molar refractivity (Wildman–Crippen MR) is 117 cm³/mol. The maximum atomic E-state index is 14.6. The number of rotatable bonds is 5. The molecule has 0 fully saturated rings. The van der Waals surface area contributed by atoms with E-state index in [0.717, 1.165) is 6.92 Å². The number of alkyl halides is 3. The molecule has 13 heteroatoms. The van der Waals surface area contributed by atoms with Crippen molar-refractivity contribution in [3.63, 3.8) is 0 Å². The van der Waals surface area contributed by atoms with Gasteiger partial charge in [0.05, 0.1) is 14.8 Å². The van der Waals surface area contributed by atoms with E-state index in [-0.39, 0.29) is 21.2 Å². The van der Waals surface area contributed by atoms with Crippen LogP contribution in [0.3, 0.4) is 0 Å². The average molecular weight is 517 g/mol. The predicted octanol–water partition coefficient (Wildman–Crippen LogP) is 5.98. The first-order valence-corrected chi connectivity index (χ1v) is 11.8. The summed E-state index contributed by atoms with van der Waals surface area (Å²) in [7, 11) is -3.13. The van der Waals surface area contributed by atoms with Gasteiger partial charge in [-0.2, -0.15) is 13.2 Å². The Kier molecular flexibility index (Phi) is 6.85. The SMILES string of the molecule is Cc1ccc(Cl)c(Oc2nnc(C(F)(F)F)c(C)c2C(=O)Nc2cccc(S(C)(=N)=O)c2)c1F. The number of nitrogens with zero attached hydrogens (tertiary/aromatic N) is 2. The molecule has 0 aliphatic carbocycles. The van der Waals surface area contributed by atoms with Crippen molar-refractivity contribution >= 4 is 32.9 Å². The average Bonchev–Trinajstić information content (AvgIpc) is 2.72. The molecular formula is C21H17ClF4N4O3S. The van der Waals surface area contributed by atoms with Crippen molar-refractivity contribution in [2.75, 3.05) is 11.6 Å². The van der Waals surface area contributed by atoms with E-state index in [1.165, 1.54) is 49.6 Å². The Labute approximate surface area is 197 Å². The van der Waals surface area contributed by atoms with E-state index in [9.17, 15) is 26.6 Å². The molecule has 0 saturated carbocycles.